The van der Waals surface area contributed by atoms with E-state index in [1.807, 2.05) is 0 Å². The number of carbonyl (C=O) groups excluding carboxylic acids is 1. The summed E-state index contributed by atoms with van der Waals surface area (Å²) in [6.07, 6.45) is 7.17. The third-order valence-electron chi connectivity index (χ3n) is 4.24. The quantitative estimate of drug-likeness (QED) is 0.718. The highest BCUT2D eigenvalue weighted by Gasteiger charge is 2.36. The number of nitrogens with two attached hydrogens (primary N) is 1. The van der Waals surface area contributed by atoms with Crippen LogP contribution in [0.3, 0.4) is 0 Å². The third-order valence-corrected chi connectivity index (χ3v) is 4.24. The molecular formula is C14H28N2O. The van der Waals surface area contributed by atoms with Crippen LogP contribution in [0.4, 0.5) is 0 Å². The Hall–Kier alpha value is -0.570. The van der Waals surface area contributed by atoms with Gasteiger partial charge in [-0.3, -0.25) is 4.79 Å². The van der Waals surface area contributed by atoms with Crippen molar-refractivity contribution in [3.05, 3.63) is 0 Å². The summed E-state index contributed by atoms with van der Waals surface area (Å²) < 4.78 is 0. The maximum absolute atomic E-state index is 11.9. The van der Waals surface area contributed by atoms with Crippen molar-refractivity contribution in [1.82, 2.24) is 5.32 Å². The molecule has 0 aromatic rings. The van der Waals surface area contributed by atoms with Gasteiger partial charge in [0.1, 0.15) is 0 Å². The van der Waals surface area contributed by atoms with Crippen LogP contribution < -0.4 is 11.1 Å². The molecule has 0 aromatic carbocycles. The van der Waals surface area contributed by atoms with Gasteiger partial charge in [-0.05, 0) is 50.5 Å². The van der Waals surface area contributed by atoms with Crippen LogP contribution in [0.2, 0.25) is 0 Å². The Morgan fingerprint density at radius 2 is 2.00 bits per heavy atom. The van der Waals surface area contributed by atoms with Gasteiger partial charge in [0.2, 0.25) is 5.91 Å². The zero-order chi connectivity index (χ0) is 12.9. The van der Waals surface area contributed by atoms with Gasteiger partial charge >= 0.3 is 0 Å². The molecule has 0 aliphatic heterocycles. The van der Waals surface area contributed by atoms with E-state index in [-0.39, 0.29) is 16.9 Å². The van der Waals surface area contributed by atoms with Crippen LogP contribution in [0, 0.1) is 5.41 Å². The van der Waals surface area contributed by atoms with Crippen LogP contribution in [0.5, 0.6) is 0 Å². The predicted octanol–water partition coefficient (Wildman–Crippen LogP) is 2.59. The van der Waals surface area contributed by atoms with Gasteiger partial charge in [-0.1, -0.05) is 20.8 Å². The van der Waals surface area contributed by atoms with E-state index in [0.29, 0.717) is 13.0 Å². The smallest absolute Gasteiger partial charge is 0.220 e. The van der Waals surface area contributed by atoms with Crippen molar-refractivity contribution in [1.29, 1.82) is 0 Å². The van der Waals surface area contributed by atoms with Gasteiger partial charge in [0.25, 0.3) is 0 Å². The lowest BCUT2D eigenvalue weighted by atomic mass is 9.74. The van der Waals surface area contributed by atoms with Crippen molar-refractivity contribution in [2.24, 2.45) is 11.1 Å². The Morgan fingerprint density at radius 3 is 2.41 bits per heavy atom. The summed E-state index contributed by atoms with van der Waals surface area (Å²) in [5.74, 6) is 0.219. The number of hydrogen-bond donors (Lipinski definition) is 2. The fraction of sp³-hybridized carbons (Fsp3) is 0.929. The van der Waals surface area contributed by atoms with Crippen LogP contribution in [-0.4, -0.2) is 18.0 Å². The molecule has 17 heavy (non-hydrogen) atoms. The molecule has 1 rings (SSSR count). The van der Waals surface area contributed by atoms with Crippen LogP contribution in [-0.2, 0) is 4.79 Å². The molecule has 1 aliphatic carbocycles. The molecule has 0 atom stereocenters. The van der Waals surface area contributed by atoms with Gasteiger partial charge in [-0.25, -0.2) is 0 Å². The molecule has 1 fully saturated rings. The highest BCUT2D eigenvalue weighted by molar-refractivity contribution is 5.77. The number of amides is 1. The molecule has 0 saturated heterocycles. The van der Waals surface area contributed by atoms with Crippen LogP contribution in [0.25, 0.3) is 0 Å². The Morgan fingerprint density at radius 1 is 1.35 bits per heavy atom. The second-order valence-corrected chi connectivity index (χ2v) is 6.24. The first-order valence-electron chi connectivity index (χ1n) is 6.94. The topological polar surface area (TPSA) is 55.1 Å². The molecule has 0 aromatic heterocycles. The van der Waals surface area contributed by atoms with Crippen molar-refractivity contribution in [2.75, 3.05) is 6.54 Å². The average Bonchev–Trinajstić information content (AvgIpc) is 2.21. The Balaban J connectivity index is 2.30. The normalized spacial score (nSPS) is 18.6. The molecule has 3 N–H and O–H groups in total. The second kappa shape index (κ2) is 5.85. The lowest BCUT2D eigenvalue weighted by molar-refractivity contribution is -0.124. The average molecular weight is 240 g/mol. The number of carbonyl (C=O) groups is 1. The molecule has 1 saturated carbocycles. The zero-order valence-corrected chi connectivity index (χ0v) is 11.6. The summed E-state index contributed by atoms with van der Waals surface area (Å²) in [5.41, 5.74) is 5.89. The summed E-state index contributed by atoms with van der Waals surface area (Å²) in [4.78, 5) is 11.9. The van der Waals surface area contributed by atoms with Crippen molar-refractivity contribution < 1.29 is 4.79 Å². The van der Waals surface area contributed by atoms with Crippen molar-refractivity contribution in [3.63, 3.8) is 0 Å². The number of hydrogen-bond acceptors (Lipinski definition) is 2. The van der Waals surface area contributed by atoms with Crippen molar-refractivity contribution in [3.8, 4) is 0 Å². The van der Waals surface area contributed by atoms with E-state index in [1.54, 1.807) is 0 Å². The Bertz CT molecular complexity index is 251. The van der Waals surface area contributed by atoms with E-state index in [2.05, 4.69) is 26.1 Å². The van der Waals surface area contributed by atoms with Gasteiger partial charge in [-0.15, -0.1) is 0 Å². The summed E-state index contributed by atoms with van der Waals surface area (Å²) in [6, 6.07) is 0. The summed E-state index contributed by atoms with van der Waals surface area (Å²) in [5, 5.41) is 3.22. The molecular weight excluding hydrogens is 212 g/mol. The van der Waals surface area contributed by atoms with Gasteiger partial charge in [-0.2, -0.15) is 0 Å². The molecule has 0 bridgehead atoms. The molecule has 100 valence electrons. The first-order chi connectivity index (χ1) is 7.93. The minimum Gasteiger partial charge on any atom is -0.351 e. The van der Waals surface area contributed by atoms with E-state index in [0.717, 1.165) is 32.1 Å². The Labute approximate surface area is 106 Å². The molecule has 3 heteroatoms. The fourth-order valence-electron chi connectivity index (χ4n) is 2.50. The molecule has 3 nitrogen and oxygen atoms in total. The Kier molecular flexibility index (Phi) is 4.99. The van der Waals surface area contributed by atoms with Gasteiger partial charge < -0.3 is 11.1 Å². The largest absolute Gasteiger partial charge is 0.351 e. The maximum Gasteiger partial charge on any atom is 0.220 e. The summed E-state index contributed by atoms with van der Waals surface area (Å²) in [7, 11) is 0. The summed E-state index contributed by atoms with van der Waals surface area (Å²) >= 11 is 0. The van der Waals surface area contributed by atoms with E-state index < -0.39 is 0 Å². The lowest BCUT2D eigenvalue weighted by Gasteiger charge is -2.42. The second-order valence-electron chi connectivity index (χ2n) is 6.24. The molecule has 0 unspecified atom stereocenters. The van der Waals surface area contributed by atoms with E-state index >= 15 is 0 Å². The lowest BCUT2D eigenvalue weighted by Crippen LogP contribution is -2.53. The monoisotopic (exact) mass is 240 g/mol. The van der Waals surface area contributed by atoms with Crippen molar-refractivity contribution in [2.45, 2.75) is 71.3 Å². The van der Waals surface area contributed by atoms with Crippen LogP contribution in [0.15, 0.2) is 0 Å². The van der Waals surface area contributed by atoms with Crippen LogP contribution in [0.1, 0.15) is 65.7 Å². The molecule has 0 spiro atoms. The van der Waals surface area contributed by atoms with Gasteiger partial charge in [0.15, 0.2) is 0 Å². The molecule has 0 heterocycles. The summed E-state index contributed by atoms with van der Waals surface area (Å²) in [6.45, 7) is 7.24. The third kappa shape index (κ3) is 4.30. The fourth-order valence-corrected chi connectivity index (χ4v) is 2.50. The molecule has 0 radical (unpaired) electrons. The highest BCUT2D eigenvalue weighted by atomic mass is 16.1. The van der Waals surface area contributed by atoms with Crippen molar-refractivity contribution >= 4 is 5.91 Å². The van der Waals surface area contributed by atoms with E-state index in [1.165, 1.54) is 6.42 Å². The maximum atomic E-state index is 11.9. The first-order valence-corrected chi connectivity index (χ1v) is 6.94. The highest BCUT2D eigenvalue weighted by Crippen LogP contribution is 2.35. The first kappa shape index (κ1) is 14.5. The molecule has 1 aliphatic rings. The molecule has 1 amide bonds. The SMILES string of the molecule is CCC1(NC(=O)CCC(C)(C)CCN)CCC1. The predicted molar refractivity (Wildman–Crippen MR) is 71.7 cm³/mol. The minimum absolute atomic E-state index is 0.134. The standard InChI is InChI=1S/C14H28N2O/c1-4-14(7-5-8-14)16-12(17)6-9-13(2,3)10-11-15/h4-11,15H2,1-3H3,(H,16,17). The van der Waals surface area contributed by atoms with E-state index in [4.69, 9.17) is 5.73 Å². The van der Waals surface area contributed by atoms with Gasteiger partial charge in [0, 0.05) is 12.0 Å². The van der Waals surface area contributed by atoms with Gasteiger partial charge in [0.05, 0.1) is 0 Å². The van der Waals surface area contributed by atoms with Crippen LogP contribution >= 0.6 is 0 Å². The zero-order valence-electron chi connectivity index (χ0n) is 11.6. The number of rotatable bonds is 7. The number of nitrogens with one attached hydrogen (secondary N) is 1. The minimum atomic E-state index is 0.134. The van der Waals surface area contributed by atoms with E-state index in [9.17, 15) is 4.79 Å².